The molecule has 128 valence electrons. The Morgan fingerprint density at radius 2 is 1.41 bits per heavy atom. The van der Waals surface area contributed by atoms with E-state index in [9.17, 15) is 0 Å². The zero-order valence-corrected chi connectivity index (χ0v) is 15.9. The molecular weight excluding hydrogens is 398 g/mol. The second kappa shape index (κ2) is 5.48. The molecule has 4 aromatic carbocycles. The van der Waals surface area contributed by atoms with Gasteiger partial charge in [-0.2, -0.15) is 0 Å². The third-order valence-corrected chi connectivity index (χ3v) is 5.73. The Kier molecular flexibility index (Phi) is 3.06. The first-order chi connectivity index (χ1) is 13.3. The van der Waals surface area contributed by atoms with Gasteiger partial charge in [-0.3, -0.25) is 0 Å². The highest BCUT2D eigenvalue weighted by molar-refractivity contribution is 9.10. The molecule has 0 bridgehead atoms. The van der Waals surface area contributed by atoms with E-state index in [1.165, 1.54) is 16.3 Å². The minimum atomic E-state index is 0.919. The zero-order valence-electron chi connectivity index (χ0n) is 14.3. The average molecular weight is 412 g/mol. The van der Waals surface area contributed by atoms with Gasteiger partial charge in [0.25, 0.3) is 0 Å². The number of rotatable bonds is 1. The van der Waals surface area contributed by atoms with Crippen molar-refractivity contribution >= 4 is 59.7 Å². The fraction of sp³-hybridized carbons (Fsp3) is 0. The summed E-state index contributed by atoms with van der Waals surface area (Å²) in [6, 6.07) is 29.6. The lowest BCUT2D eigenvalue weighted by molar-refractivity contribution is 0.669. The van der Waals surface area contributed by atoms with Crippen molar-refractivity contribution in [1.29, 1.82) is 0 Å². The smallest absolute Gasteiger partial charge is 0.137 e. The molecule has 0 aliphatic carbocycles. The third-order valence-electron chi connectivity index (χ3n) is 5.24. The predicted octanol–water partition coefficient (Wildman–Crippen LogP) is 7.45. The summed E-state index contributed by atoms with van der Waals surface area (Å²) in [5, 5.41) is 4.81. The summed E-state index contributed by atoms with van der Waals surface area (Å²) in [4.78, 5) is 0. The fourth-order valence-electron chi connectivity index (χ4n) is 4.08. The van der Waals surface area contributed by atoms with Crippen LogP contribution in [0.1, 0.15) is 0 Å². The quantitative estimate of drug-likeness (QED) is 0.274. The van der Waals surface area contributed by atoms with Crippen molar-refractivity contribution in [2.24, 2.45) is 0 Å². The van der Waals surface area contributed by atoms with Crippen LogP contribution in [0.5, 0.6) is 0 Å². The van der Waals surface area contributed by atoms with Crippen LogP contribution in [0.25, 0.3) is 49.4 Å². The lowest BCUT2D eigenvalue weighted by atomic mass is 10.1. The highest BCUT2D eigenvalue weighted by Gasteiger charge is 2.15. The second-order valence-corrected chi connectivity index (χ2v) is 7.71. The van der Waals surface area contributed by atoms with E-state index in [2.05, 4.69) is 93.3 Å². The van der Waals surface area contributed by atoms with E-state index >= 15 is 0 Å². The monoisotopic (exact) mass is 411 g/mol. The van der Waals surface area contributed by atoms with E-state index in [4.69, 9.17) is 4.42 Å². The first-order valence-electron chi connectivity index (χ1n) is 8.90. The number of nitrogens with zero attached hydrogens (tertiary/aromatic N) is 1. The van der Waals surface area contributed by atoms with E-state index in [0.29, 0.717) is 0 Å². The molecule has 0 N–H and O–H groups in total. The van der Waals surface area contributed by atoms with Crippen molar-refractivity contribution in [3.8, 4) is 5.69 Å². The Bertz CT molecular complexity index is 1490. The van der Waals surface area contributed by atoms with Crippen molar-refractivity contribution < 1.29 is 4.42 Å². The van der Waals surface area contributed by atoms with Crippen molar-refractivity contribution in [2.45, 2.75) is 0 Å². The molecule has 0 amide bonds. The molecule has 0 spiro atoms. The predicted molar refractivity (Wildman–Crippen MR) is 116 cm³/mol. The molecule has 3 heteroatoms. The standard InChI is InChI=1S/C24H14BrNO/c25-15-6-5-7-16(12-15)26-21-10-3-1-8-17(21)19-13-20-18-9-2-4-11-23(18)27-24(20)14-22(19)26/h1-14H. The summed E-state index contributed by atoms with van der Waals surface area (Å²) < 4.78 is 9.52. The van der Waals surface area contributed by atoms with Gasteiger partial charge in [0.2, 0.25) is 0 Å². The van der Waals surface area contributed by atoms with E-state index in [1.54, 1.807) is 0 Å². The highest BCUT2D eigenvalue weighted by atomic mass is 79.9. The van der Waals surface area contributed by atoms with Gasteiger partial charge in [0.1, 0.15) is 11.2 Å². The molecule has 0 radical (unpaired) electrons. The van der Waals surface area contributed by atoms with E-state index < -0.39 is 0 Å². The largest absolute Gasteiger partial charge is 0.456 e. The molecule has 2 nitrogen and oxygen atoms in total. The van der Waals surface area contributed by atoms with Crippen molar-refractivity contribution in [3.63, 3.8) is 0 Å². The summed E-state index contributed by atoms with van der Waals surface area (Å²) in [7, 11) is 0. The number of fused-ring (bicyclic) bond motifs is 6. The van der Waals surface area contributed by atoms with Crippen molar-refractivity contribution in [3.05, 3.63) is 89.4 Å². The van der Waals surface area contributed by atoms with Gasteiger partial charge in [-0.25, -0.2) is 0 Å². The molecule has 0 saturated carbocycles. The van der Waals surface area contributed by atoms with Gasteiger partial charge in [0, 0.05) is 37.8 Å². The number of hydrogen-bond donors (Lipinski definition) is 0. The van der Waals surface area contributed by atoms with Crippen LogP contribution >= 0.6 is 15.9 Å². The van der Waals surface area contributed by atoms with Crippen LogP contribution in [0, 0.1) is 0 Å². The summed E-state index contributed by atoms with van der Waals surface area (Å²) in [6.07, 6.45) is 0. The Morgan fingerprint density at radius 3 is 2.30 bits per heavy atom. The van der Waals surface area contributed by atoms with Gasteiger partial charge < -0.3 is 8.98 Å². The van der Waals surface area contributed by atoms with Crippen LogP contribution in [0.4, 0.5) is 0 Å². The van der Waals surface area contributed by atoms with E-state index in [-0.39, 0.29) is 0 Å². The lowest BCUT2D eigenvalue weighted by Crippen LogP contribution is -1.93. The molecule has 6 rings (SSSR count). The maximum absolute atomic E-state index is 6.15. The van der Waals surface area contributed by atoms with Crippen LogP contribution in [0.15, 0.2) is 93.8 Å². The first kappa shape index (κ1) is 15.1. The van der Waals surface area contributed by atoms with Gasteiger partial charge in [-0.1, -0.05) is 58.4 Å². The maximum Gasteiger partial charge on any atom is 0.137 e. The van der Waals surface area contributed by atoms with Crippen LogP contribution in [0.3, 0.4) is 0 Å². The van der Waals surface area contributed by atoms with E-state index in [0.717, 1.165) is 37.6 Å². The number of furan rings is 1. The Balaban J connectivity index is 1.83. The summed E-state index contributed by atoms with van der Waals surface area (Å²) in [5.41, 5.74) is 5.33. The van der Waals surface area contributed by atoms with Gasteiger partial charge in [0.15, 0.2) is 0 Å². The SMILES string of the molecule is Brc1cccc(-n2c3ccccc3c3cc4c(cc32)oc2ccccc24)c1. The lowest BCUT2D eigenvalue weighted by Gasteiger charge is -2.08. The van der Waals surface area contributed by atoms with Crippen molar-refractivity contribution in [1.82, 2.24) is 4.57 Å². The molecular formula is C24H14BrNO. The van der Waals surface area contributed by atoms with Crippen LogP contribution in [-0.2, 0) is 0 Å². The topological polar surface area (TPSA) is 18.1 Å². The highest BCUT2D eigenvalue weighted by Crippen LogP contribution is 2.38. The fourth-order valence-corrected chi connectivity index (χ4v) is 4.47. The van der Waals surface area contributed by atoms with Gasteiger partial charge in [-0.05, 0) is 36.4 Å². The molecule has 0 saturated heterocycles. The second-order valence-electron chi connectivity index (χ2n) is 6.80. The Labute approximate surface area is 163 Å². The number of benzene rings is 4. The van der Waals surface area contributed by atoms with E-state index in [1.807, 2.05) is 12.1 Å². The first-order valence-corrected chi connectivity index (χ1v) is 9.69. The normalized spacial score (nSPS) is 11.9. The Hall–Kier alpha value is -3.04. The van der Waals surface area contributed by atoms with Gasteiger partial charge >= 0.3 is 0 Å². The molecule has 0 atom stereocenters. The van der Waals surface area contributed by atoms with Crippen LogP contribution in [-0.4, -0.2) is 4.57 Å². The van der Waals surface area contributed by atoms with Crippen molar-refractivity contribution in [2.75, 3.05) is 0 Å². The minimum absolute atomic E-state index is 0.919. The molecule has 2 heterocycles. The minimum Gasteiger partial charge on any atom is -0.456 e. The summed E-state index contributed by atoms with van der Waals surface area (Å²) in [6.45, 7) is 0. The molecule has 0 aliphatic rings. The molecule has 0 fully saturated rings. The number of para-hydroxylation sites is 2. The average Bonchev–Trinajstić information content (AvgIpc) is 3.21. The molecule has 0 aliphatic heterocycles. The maximum atomic E-state index is 6.15. The van der Waals surface area contributed by atoms with Crippen LogP contribution < -0.4 is 0 Å². The Morgan fingerprint density at radius 1 is 0.593 bits per heavy atom. The third kappa shape index (κ3) is 2.12. The van der Waals surface area contributed by atoms with Gasteiger partial charge in [0.05, 0.1) is 11.0 Å². The zero-order chi connectivity index (χ0) is 18.0. The molecule has 0 unspecified atom stereocenters. The number of aromatic nitrogens is 1. The summed E-state index contributed by atoms with van der Waals surface area (Å²) >= 11 is 3.61. The molecule has 2 aromatic heterocycles. The summed E-state index contributed by atoms with van der Waals surface area (Å²) in [5.74, 6) is 0. The molecule has 6 aromatic rings. The number of hydrogen-bond acceptors (Lipinski definition) is 1. The van der Waals surface area contributed by atoms with Gasteiger partial charge in [-0.15, -0.1) is 0 Å². The molecule has 27 heavy (non-hydrogen) atoms. The number of halogens is 1. The van der Waals surface area contributed by atoms with Crippen LogP contribution in [0.2, 0.25) is 0 Å².